The first-order valence-electron chi connectivity index (χ1n) is 12.4. The molecule has 1 amide bonds. The van der Waals surface area contributed by atoms with Gasteiger partial charge in [-0.05, 0) is 72.7 Å². The fourth-order valence-electron chi connectivity index (χ4n) is 5.68. The third kappa shape index (κ3) is 5.80. The minimum atomic E-state index is -4.50. The van der Waals surface area contributed by atoms with Crippen molar-refractivity contribution in [2.75, 3.05) is 24.6 Å². The van der Waals surface area contributed by atoms with E-state index in [-0.39, 0.29) is 23.9 Å². The minimum absolute atomic E-state index is 0.171. The van der Waals surface area contributed by atoms with Crippen LogP contribution in [0.25, 0.3) is 0 Å². The highest BCUT2D eigenvalue weighted by Gasteiger charge is 2.42. The van der Waals surface area contributed by atoms with E-state index < -0.39 is 23.7 Å². The molecule has 0 radical (unpaired) electrons. The molecule has 3 aromatic rings. The van der Waals surface area contributed by atoms with Crippen LogP contribution in [0, 0.1) is 23.6 Å². The van der Waals surface area contributed by atoms with Gasteiger partial charge in [-0.1, -0.05) is 36.4 Å². The van der Waals surface area contributed by atoms with E-state index >= 15 is 0 Å². The molecule has 5 rings (SSSR count). The second-order valence-corrected chi connectivity index (χ2v) is 9.88. The fourth-order valence-corrected chi connectivity index (χ4v) is 5.68. The molecule has 3 aromatic carbocycles. The number of fused-ring (bicyclic) bond motifs is 2. The Morgan fingerprint density at radius 3 is 2.19 bits per heavy atom. The van der Waals surface area contributed by atoms with Crippen molar-refractivity contribution in [2.45, 2.75) is 25.6 Å². The van der Waals surface area contributed by atoms with Gasteiger partial charge in [0.25, 0.3) is 0 Å². The summed E-state index contributed by atoms with van der Waals surface area (Å²) in [5.74, 6) is 0.469. The summed E-state index contributed by atoms with van der Waals surface area (Å²) in [5.41, 5.74) is 0.798. The van der Waals surface area contributed by atoms with Crippen molar-refractivity contribution in [3.63, 3.8) is 0 Å². The summed E-state index contributed by atoms with van der Waals surface area (Å²) in [6, 6.07) is 19.9. The zero-order valence-corrected chi connectivity index (χ0v) is 20.2. The number of piperidine rings is 1. The van der Waals surface area contributed by atoms with Crippen molar-refractivity contribution in [3.8, 4) is 0 Å². The van der Waals surface area contributed by atoms with Gasteiger partial charge in [0.05, 0.1) is 23.5 Å². The summed E-state index contributed by atoms with van der Waals surface area (Å²) in [6.07, 6.45) is -3.09. The Bertz CT molecular complexity index is 1200. The van der Waals surface area contributed by atoms with Crippen LogP contribution in [0.15, 0.2) is 78.9 Å². The third-order valence-corrected chi connectivity index (χ3v) is 7.45. The van der Waals surface area contributed by atoms with Gasteiger partial charge in [0.1, 0.15) is 5.82 Å². The quantitative estimate of drug-likeness (QED) is 0.326. The second kappa shape index (κ2) is 10.5. The Labute approximate surface area is 213 Å². The van der Waals surface area contributed by atoms with Crippen LogP contribution in [-0.2, 0) is 17.5 Å². The molecule has 1 aliphatic carbocycles. The van der Waals surface area contributed by atoms with Crippen LogP contribution < -0.4 is 4.90 Å². The lowest BCUT2D eigenvalue weighted by Crippen LogP contribution is -2.43. The number of likely N-dealkylation sites (tertiary alicyclic amines) is 1. The van der Waals surface area contributed by atoms with E-state index in [1.165, 1.54) is 35.9 Å². The van der Waals surface area contributed by atoms with E-state index in [2.05, 4.69) is 17.0 Å². The molecule has 0 aromatic heterocycles. The molecule has 1 aliphatic heterocycles. The lowest BCUT2D eigenvalue weighted by Gasteiger charge is -2.38. The molecule has 194 valence electrons. The number of halogens is 4. The topological polar surface area (TPSA) is 32.8 Å². The predicted octanol–water partition coefficient (Wildman–Crippen LogP) is 7.28. The van der Waals surface area contributed by atoms with E-state index in [1.807, 2.05) is 18.2 Å². The summed E-state index contributed by atoms with van der Waals surface area (Å²) in [5, 5.41) is 0. The van der Waals surface area contributed by atoms with Gasteiger partial charge in [0.15, 0.2) is 0 Å². The summed E-state index contributed by atoms with van der Waals surface area (Å²) in [6.45, 7) is 2.97. The number of rotatable bonds is 6. The number of benzene rings is 3. The second-order valence-electron chi connectivity index (χ2n) is 9.88. The van der Waals surface area contributed by atoms with Crippen molar-refractivity contribution in [2.24, 2.45) is 17.8 Å². The number of nitrogens with zero attached hydrogens (tertiary/aromatic N) is 2. The molecule has 1 saturated heterocycles. The highest BCUT2D eigenvalue weighted by atomic mass is 19.4. The monoisotopic (exact) mass is 512 g/mol. The third-order valence-electron chi connectivity index (χ3n) is 7.45. The number of anilines is 2. The maximum atomic E-state index is 14.0. The summed E-state index contributed by atoms with van der Waals surface area (Å²) < 4.78 is 58.9. The van der Waals surface area contributed by atoms with Crippen molar-refractivity contribution in [1.82, 2.24) is 4.90 Å². The van der Waals surface area contributed by atoms with Gasteiger partial charge in [-0.25, -0.2) is 14.1 Å². The Hall–Kier alpha value is -3.39. The van der Waals surface area contributed by atoms with Crippen LogP contribution in [0.3, 0.4) is 0 Å². The lowest BCUT2D eigenvalue weighted by molar-refractivity contribution is -0.137. The Morgan fingerprint density at radius 1 is 0.892 bits per heavy atom. The number of carbonyl (C=O) groups excluding carboxylic acids is 1. The molecule has 1 saturated carbocycles. The summed E-state index contributed by atoms with van der Waals surface area (Å²) >= 11 is 0. The van der Waals surface area contributed by atoms with Gasteiger partial charge in [0, 0.05) is 25.6 Å². The molecule has 4 nitrogen and oxygen atoms in total. The molecule has 8 heteroatoms. The molecule has 1 heterocycles. The van der Waals surface area contributed by atoms with Crippen molar-refractivity contribution in [3.05, 3.63) is 95.8 Å². The number of hydrogen-bond acceptors (Lipinski definition) is 3. The zero-order chi connectivity index (χ0) is 26.0. The van der Waals surface area contributed by atoms with Gasteiger partial charge in [-0.3, -0.25) is 4.90 Å². The molecule has 2 bridgehead atoms. The average molecular weight is 513 g/mol. The Balaban J connectivity index is 1.28. The largest absolute Gasteiger partial charge is 0.449 e. The van der Waals surface area contributed by atoms with E-state index in [0.29, 0.717) is 11.8 Å². The number of carbonyl (C=O) groups is 1. The van der Waals surface area contributed by atoms with Crippen LogP contribution in [-0.4, -0.2) is 30.7 Å². The highest BCUT2D eigenvalue weighted by Crippen LogP contribution is 2.43. The molecule has 37 heavy (non-hydrogen) atoms. The standard InChI is InChI=1S/C29H28F4N2O2/c30-24-7-4-8-26(15-24)35(25-13-11-23(12-14-25)29(31,32)33)28(36)37-19-27-21-9-10-22(27)18-34(17-21)16-20-5-2-1-3-6-20/h1-8,11-15,21-22,27H,9-10,16-19H2. The normalized spacial score (nSPS) is 21.6. The smallest absolute Gasteiger partial charge is 0.418 e. The number of hydrogen-bond donors (Lipinski definition) is 0. The van der Waals surface area contributed by atoms with Gasteiger partial charge < -0.3 is 4.74 Å². The first-order valence-corrected chi connectivity index (χ1v) is 12.4. The first-order chi connectivity index (χ1) is 17.8. The van der Waals surface area contributed by atoms with E-state index in [9.17, 15) is 22.4 Å². The predicted molar refractivity (Wildman–Crippen MR) is 133 cm³/mol. The van der Waals surface area contributed by atoms with Gasteiger partial charge in [-0.2, -0.15) is 13.2 Å². The first kappa shape index (κ1) is 25.3. The zero-order valence-electron chi connectivity index (χ0n) is 20.2. The van der Waals surface area contributed by atoms with Gasteiger partial charge >= 0.3 is 12.3 Å². The lowest BCUT2D eigenvalue weighted by atomic mass is 9.85. The van der Waals surface area contributed by atoms with Crippen LogP contribution in [0.4, 0.5) is 33.7 Å². The number of ether oxygens (including phenoxy) is 1. The molecule has 2 aliphatic rings. The molecule has 0 spiro atoms. The SMILES string of the molecule is O=C(OCC1C2CCC1CN(Cc1ccccc1)C2)N(c1ccc(C(F)(F)F)cc1)c1cccc(F)c1. The fraction of sp³-hybridized carbons (Fsp3) is 0.345. The highest BCUT2D eigenvalue weighted by molar-refractivity contribution is 5.96. The molecule has 2 atom stereocenters. The van der Waals surface area contributed by atoms with Gasteiger partial charge in [0.2, 0.25) is 0 Å². The molecule has 2 fully saturated rings. The number of alkyl halides is 3. The molecule has 2 unspecified atom stereocenters. The summed E-state index contributed by atoms with van der Waals surface area (Å²) in [7, 11) is 0. The minimum Gasteiger partial charge on any atom is -0.449 e. The van der Waals surface area contributed by atoms with Crippen LogP contribution in [0.1, 0.15) is 24.0 Å². The van der Waals surface area contributed by atoms with Crippen LogP contribution in [0.5, 0.6) is 0 Å². The van der Waals surface area contributed by atoms with E-state index in [1.54, 1.807) is 0 Å². The maximum absolute atomic E-state index is 14.0. The Morgan fingerprint density at radius 2 is 1.57 bits per heavy atom. The van der Waals surface area contributed by atoms with E-state index in [0.717, 1.165) is 55.6 Å². The average Bonchev–Trinajstić information content (AvgIpc) is 3.11. The van der Waals surface area contributed by atoms with Crippen molar-refractivity contribution >= 4 is 17.5 Å². The van der Waals surface area contributed by atoms with E-state index in [4.69, 9.17) is 4.74 Å². The van der Waals surface area contributed by atoms with Crippen molar-refractivity contribution < 1.29 is 27.1 Å². The van der Waals surface area contributed by atoms with Crippen LogP contribution >= 0.6 is 0 Å². The molecular formula is C29H28F4N2O2. The molecule has 0 N–H and O–H groups in total. The number of amides is 1. The van der Waals surface area contributed by atoms with Crippen molar-refractivity contribution in [1.29, 1.82) is 0 Å². The van der Waals surface area contributed by atoms with Crippen LogP contribution in [0.2, 0.25) is 0 Å². The summed E-state index contributed by atoms with van der Waals surface area (Å²) in [4.78, 5) is 16.8. The maximum Gasteiger partial charge on any atom is 0.418 e. The molecular weight excluding hydrogens is 484 g/mol. The van der Waals surface area contributed by atoms with Gasteiger partial charge in [-0.15, -0.1) is 0 Å². The Kier molecular flexibility index (Phi) is 7.20.